The van der Waals surface area contributed by atoms with E-state index in [1.165, 1.54) is 19.3 Å². The van der Waals surface area contributed by atoms with Gasteiger partial charge in [-0.05, 0) is 6.07 Å². The van der Waals surface area contributed by atoms with Crippen molar-refractivity contribution in [2.75, 3.05) is 24.2 Å². The van der Waals surface area contributed by atoms with E-state index in [0.717, 1.165) is 4.90 Å². The predicted octanol–water partition coefficient (Wildman–Crippen LogP) is 1.53. The zero-order valence-electron chi connectivity index (χ0n) is 8.41. The minimum Gasteiger partial charge on any atom is -0.396 e. The van der Waals surface area contributed by atoms with E-state index in [1.54, 1.807) is 6.07 Å². The zero-order valence-corrected chi connectivity index (χ0v) is 8.41. The molecule has 0 fully saturated rings. The first-order valence-electron chi connectivity index (χ1n) is 4.27. The number of rotatable bonds is 2. The molecule has 0 unspecified atom stereocenters. The summed E-state index contributed by atoms with van der Waals surface area (Å²) < 4.78 is 36.3. The molecule has 2 N–H and O–H groups in total. The summed E-state index contributed by atoms with van der Waals surface area (Å²) in [4.78, 5) is 4.60. The number of halogens is 3. The summed E-state index contributed by atoms with van der Waals surface area (Å²) in [6.45, 7) is -1.14. The monoisotopic (exact) mass is 230 g/mol. The second-order valence-corrected chi connectivity index (χ2v) is 3.22. The standard InChI is InChI=1S/C9H9F3N4/c1-16(5-9(10,11)12)8-7(14)2-6(3-13)4-15-8/h2,4H,5,14H2,1H3. The Morgan fingerprint density at radius 2 is 2.19 bits per heavy atom. The fraction of sp³-hybridized carbons (Fsp3) is 0.333. The summed E-state index contributed by atoms with van der Waals surface area (Å²) in [7, 11) is 1.23. The van der Waals surface area contributed by atoms with E-state index in [2.05, 4.69) is 4.98 Å². The van der Waals surface area contributed by atoms with Crippen LogP contribution in [0, 0.1) is 11.3 Å². The molecule has 1 aromatic rings. The smallest absolute Gasteiger partial charge is 0.396 e. The van der Waals surface area contributed by atoms with Gasteiger partial charge in [0.1, 0.15) is 12.6 Å². The normalized spacial score (nSPS) is 10.9. The number of nitriles is 1. The van der Waals surface area contributed by atoms with Crippen molar-refractivity contribution < 1.29 is 13.2 Å². The van der Waals surface area contributed by atoms with Gasteiger partial charge in [-0.1, -0.05) is 0 Å². The summed E-state index contributed by atoms with van der Waals surface area (Å²) >= 11 is 0. The number of nitrogens with two attached hydrogens (primary N) is 1. The van der Waals surface area contributed by atoms with Crippen LogP contribution in [0.25, 0.3) is 0 Å². The third-order valence-corrected chi connectivity index (χ3v) is 1.80. The number of nitrogens with zero attached hydrogens (tertiary/aromatic N) is 3. The first-order valence-corrected chi connectivity index (χ1v) is 4.27. The molecule has 7 heteroatoms. The van der Waals surface area contributed by atoms with Gasteiger partial charge in [-0.25, -0.2) is 4.98 Å². The van der Waals surface area contributed by atoms with Gasteiger partial charge < -0.3 is 10.6 Å². The summed E-state index contributed by atoms with van der Waals surface area (Å²) in [5.74, 6) is 0.0105. The van der Waals surface area contributed by atoms with Crippen LogP contribution < -0.4 is 10.6 Å². The number of alkyl halides is 3. The van der Waals surface area contributed by atoms with Crippen LogP contribution in [-0.2, 0) is 0 Å². The fourth-order valence-electron chi connectivity index (χ4n) is 1.20. The summed E-state index contributed by atoms with van der Waals surface area (Å²) in [6, 6.07) is 3.09. The molecule has 0 amide bonds. The number of hydrogen-bond acceptors (Lipinski definition) is 4. The molecule has 0 aromatic carbocycles. The van der Waals surface area contributed by atoms with Crippen LogP contribution >= 0.6 is 0 Å². The van der Waals surface area contributed by atoms with E-state index in [9.17, 15) is 13.2 Å². The molecule has 0 atom stereocenters. The van der Waals surface area contributed by atoms with Gasteiger partial charge in [0.15, 0.2) is 5.82 Å². The Hall–Kier alpha value is -1.97. The van der Waals surface area contributed by atoms with Crippen molar-refractivity contribution in [2.24, 2.45) is 0 Å². The molecule has 0 bridgehead atoms. The summed E-state index contributed by atoms with van der Waals surface area (Å²) in [5, 5.41) is 8.54. The molecule has 16 heavy (non-hydrogen) atoms. The highest BCUT2D eigenvalue weighted by Crippen LogP contribution is 2.24. The molecule has 0 spiro atoms. The van der Waals surface area contributed by atoms with Gasteiger partial charge in [-0.15, -0.1) is 0 Å². The maximum atomic E-state index is 12.1. The molecule has 4 nitrogen and oxygen atoms in total. The zero-order chi connectivity index (χ0) is 12.3. The van der Waals surface area contributed by atoms with Crippen molar-refractivity contribution in [3.8, 4) is 6.07 Å². The second kappa shape index (κ2) is 4.26. The van der Waals surface area contributed by atoms with Crippen molar-refractivity contribution >= 4 is 11.5 Å². The van der Waals surface area contributed by atoms with E-state index in [0.29, 0.717) is 0 Å². The van der Waals surface area contributed by atoms with Crippen LogP contribution in [0.15, 0.2) is 12.3 Å². The molecule has 1 rings (SSSR count). The lowest BCUT2D eigenvalue weighted by atomic mass is 10.2. The largest absolute Gasteiger partial charge is 0.405 e. The molecule has 0 saturated carbocycles. The van der Waals surface area contributed by atoms with Crippen molar-refractivity contribution in [2.45, 2.75) is 6.18 Å². The van der Waals surface area contributed by atoms with E-state index < -0.39 is 12.7 Å². The lowest BCUT2D eigenvalue weighted by Gasteiger charge is -2.21. The quantitative estimate of drug-likeness (QED) is 0.836. The van der Waals surface area contributed by atoms with Crippen LogP contribution in [0.4, 0.5) is 24.7 Å². The Morgan fingerprint density at radius 3 is 2.62 bits per heavy atom. The Bertz CT molecular complexity index is 422. The molecular formula is C9H9F3N4. The molecule has 0 radical (unpaired) electrons. The Morgan fingerprint density at radius 1 is 1.56 bits per heavy atom. The average Bonchev–Trinajstić information content (AvgIpc) is 2.14. The fourth-order valence-corrected chi connectivity index (χ4v) is 1.20. The maximum absolute atomic E-state index is 12.1. The van der Waals surface area contributed by atoms with Gasteiger partial charge in [0, 0.05) is 13.2 Å². The first-order chi connectivity index (χ1) is 7.33. The number of aromatic nitrogens is 1. The molecule has 1 heterocycles. The van der Waals surface area contributed by atoms with E-state index >= 15 is 0 Å². The molecule has 0 saturated heterocycles. The lowest BCUT2D eigenvalue weighted by molar-refractivity contribution is -0.119. The van der Waals surface area contributed by atoms with Crippen LogP contribution in [0.1, 0.15) is 5.56 Å². The summed E-state index contributed by atoms with van der Waals surface area (Å²) in [6.07, 6.45) is -3.14. The van der Waals surface area contributed by atoms with Crippen molar-refractivity contribution in [3.05, 3.63) is 17.8 Å². The molecule has 86 valence electrons. The molecule has 0 aliphatic carbocycles. The maximum Gasteiger partial charge on any atom is 0.405 e. The van der Waals surface area contributed by atoms with Gasteiger partial charge in [0.25, 0.3) is 0 Å². The highest BCUT2D eigenvalue weighted by Gasteiger charge is 2.30. The van der Waals surface area contributed by atoms with Gasteiger partial charge in [0.2, 0.25) is 0 Å². The molecule has 0 aliphatic rings. The van der Waals surface area contributed by atoms with Crippen LogP contribution in [0.2, 0.25) is 0 Å². The molecule has 0 aliphatic heterocycles. The Balaban J connectivity index is 2.93. The molecule has 1 aromatic heterocycles. The third kappa shape index (κ3) is 3.02. The Labute approximate surface area is 90.1 Å². The minimum atomic E-state index is -4.32. The van der Waals surface area contributed by atoms with Gasteiger partial charge >= 0.3 is 6.18 Å². The van der Waals surface area contributed by atoms with Crippen molar-refractivity contribution in [1.29, 1.82) is 5.26 Å². The third-order valence-electron chi connectivity index (χ3n) is 1.80. The highest BCUT2D eigenvalue weighted by atomic mass is 19.4. The molecular weight excluding hydrogens is 221 g/mol. The number of pyridine rings is 1. The van der Waals surface area contributed by atoms with Crippen LogP contribution in [0.5, 0.6) is 0 Å². The van der Waals surface area contributed by atoms with Gasteiger partial charge in [-0.3, -0.25) is 0 Å². The second-order valence-electron chi connectivity index (χ2n) is 3.22. The van der Waals surface area contributed by atoms with Crippen LogP contribution in [0.3, 0.4) is 0 Å². The Kier molecular flexibility index (Phi) is 3.22. The highest BCUT2D eigenvalue weighted by molar-refractivity contribution is 5.64. The SMILES string of the molecule is CN(CC(F)(F)F)c1ncc(C#N)cc1N. The lowest BCUT2D eigenvalue weighted by Crippen LogP contribution is -2.31. The number of anilines is 2. The first kappa shape index (κ1) is 12.1. The number of nitrogen functional groups attached to an aromatic ring is 1. The van der Waals surface area contributed by atoms with Gasteiger partial charge in [-0.2, -0.15) is 18.4 Å². The summed E-state index contributed by atoms with van der Waals surface area (Å²) in [5.41, 5.74) is 5.75. The van der Waals surface area contributed by atoms with Crippen LogP contribution in [-0.4, -0.2) is 24.8 Å². The topological polar surface area (TPSA) is 65.9 Å². The van der Waals surface area contributed by atoms with E-state index in [-0.39, 0.29) is 17.1 Å². The van der Waals surface area contributed by atoms with E-state index in [1.807, 2.05) is 0 Å². The van der Waals surface area contributed by atoms with Crippen molar-refractivity contribution in [1.82, 2.24) is 4.98 Å². The predicted molar refractivity (Wildman–Crippen MR) is 52.7 cm³/mol. The number of hydrogen-bond donors (Lipinski definition) is 1. The average molecular weight is 230 g/mol. The van der Waals surface area contributed by atoms with Crippen molar-refractivity contribution in [3.63, 3.8) is 0 Å². The minimum absolute atomic E-state index is 0.0105. The van der Waals surface area contributed by atoms with Gasteiger partial charge in [0.05, 0.1) is 11.3 Å². The van der Waals surface area contributed by atoms with E-state index in [4.69, 9.17) is 11.0 Å².